The van der Waals surface area contributed by atoms with Crippen LogP contribution in [0.5, 0.6) is 0 Å². The highest BCUT2D eigenvalue weighted by Crippen LogP contribution is 2.18. The maximum Gasteiger partial charge on any atom is 0.332 e. The van der Waals surface area contributed by atoms with Crippen molar-refractivity contribution in [1.82, 2.24) is 0 Å². The molecular formula is C17H18O2. The molecule has 2 rings (SSSR count). The summed E-state index contributed by atoms with van der Waals surface area (Å²) in [4.78, 5) is 10.2. The molecule has 0 unspecified atom stereocenters. The molecule has 0 aliphatic heterocycles. The van der Waals surface area contributed by atoms with E-state index in [9.17, 15) is 4.79 Å². The summed E-state index contributed by atoms with van der Waals surface area (Å²) in [6.07, 6.45) is 1.89. The SMILES string of the molecule is C=C(C)C(=O)OC.C=Cc1cccc2ccccc12. The van der Waals surface area contributed by atoms with Gasteiger partial charge in [-0.2, -0.15) is 0 Å². The Morgan fingerprint density at radius 2 is 1.79 bits per heavy atom. The number of hydrogen-bond donors (Lipinski definition) is 0. The van der Waals surface area contributed by atoms with Gasteiger partial charge in [-0.05, 0) is 23.3 Å². The molecule has 0 saturated carbocycles. The summed E-state index contributed by atoms with van der Waals surface area (Å²) in [5.41, 5.74) is 1.63. The van der Waals surface area contributed by atoms with Crippen LogP contribution >= 0.6 is 0 Å². The van der Waals surface area contributed by atoms with Crippen molar-refractivity contribution in [2.24, 2.45) is 0 Å². The summed E-state index contributed by atoms with van der Waals surface area (Å²) >= 11 is 0. The molecule has 0 N–H and O–H groups in total. The van der Waals surface area contributed by atoms with Crippen molar-refractivity contribution in [2.45, 2.75) is 6.92 Å². The second kappa shape index (κ2) is 7.17. The minimum absolute atomic E-state index is 0.347. The van der Waals surface area contributed by atoms with Crippen molar-refractivity contribution in [2.75, 3.05) is 7.11 Å². The van der Waals surface area contributed by atoms with E-state index in [0.717, 1.165) is 0 Å². The van der Waals surface area contributed by atoms with E-state index in [0.29, 0.717) is 5.57 Å². The molecular weight excluding hydrogens is 236 g/mol. The highest BCUT2D eigenvalue weighted by atomic mass is 16.5. The normalized spacial score (nSPS) is 9.16. The third-order valence-corrected chi connectivity index (χ3v) is 2.58. The Hall–Kier alpha value is -2.35. The minimum Gasteiger partial charge on any atom is -0.466 e. The standard InChI is InChI=1S/C12H10.C5H8O2/c1-2-10-7-5-8-11-6-3-4-9-12(10)11;1-4(2)5(6)7-3/h2-9H,1H2;1H2,2-3H3. The molecule has 0 spiro atoms. The Morgan fingerprint density at radius 3 is 2.32 bits per heavy atom. The van der Waals surface area contributed by atoms with Gasteiger partial charge in [0.15, 0.2) is 0 Å². The van der Waals surface area contributed by atoms with Gasteiger partial charge in [0, 0.05) is 5.57 Å². The smallest absolute Gasteiger partial charge is 0.332 e. The zero-order valence-electron chi connectivity index (χ0n) is 11.3. The van der Waals surface area contributed by atoms with Gasteiger partial charge in [0.25, 0.3) is 0 Å². The summed E-state index contributed by atoms with van der Waals surface area (Å²) in [6, 6.07) is 14.6. The lowest BCUT2D eigenvalue weighted by atomic mass is 10.1. The van der Waals surface area contributed by atoms with Crippen LogP contribution in [0, 0.1) is 0 Å². The van der Waals surface area contributed by atoms with E-state index in [4.69, 9.17) is 0 Å². The summed E-state index contributed by atoms with van der Waals surface area (Å²) in [6.45, 7) is 8.74. The highest BCUT2D eigenvalue weighted by Gasteiger charge is 1.95. The Labute approximate surface area is 114 Å². The van der Waals surface area contributed by atoms with E-state index in [2.05, 4.69) is 60.4 Å². The molecule has 0 radical (unpaired) electrons. The second-order valence-corrected chi connectivity index (χ2v) is 4.04. The molecule has 2 heteroatoms. The largest absolute Gasteiger partial charge is 0.466 e. The van der Waals surface area contributed by atoms with Crippen LogP contribution in [0.1, 0.15) is 12.5 Å². The van der Waals surface area contributed by atoms with Gasteiger partial charge in [0.05, 0.1) is 7.11 Å². The molecule has 2 nitrogen and oxygen atoms in total. The predicted molar refractivity (Wildman–Crippen MR) is 80.9 cm³/mol. The first kappa shape index (κ1) is 14.7. The molecule has 0 heterocycles. The molecule has 0 amide bonds. The van der Waals surface area contributed by atoms with Crippen LogP contribution in [0.25, 0.3) is 16.8 Å². The topological polar surface area (TPSA) is 26.3 Å². The molecule has 0 aliphatic rings. The van der Waals surface area contributed by atoms with Crippen LogP contribution in [0.15, 0.2) is 61.2 Å². The summed E-state index contributed by atoms with van der Waals surface area (Å²) in [5.74, 6) is -0.347. The summed E-state index contributed by atoms with van der Waals surface area (Å²) in [7, 11) is 1.33. The van der Waals surface area contributed by atoms with Gasteiger partial charge in [-0.3, -0.25) is 0 Å². The summed E-state index contributed by atoms with van der Waals surface area (Å²) < 4.78 is 4.27. The second-order valence-electron chi connectivity index (χ2n) is 4.04. The number of methoxy groups -OCH3 is 1. The molecule has 2 aromatic rings. The lowest BCUT2D eigenvalue weighted by Gasteiger charge is -1.99. The van der Waals surface area contributed by atoms with E-state index in [1.807, 2.05) is 6.08 Å². The molecule has 0 atom stereocenters. The molecule has 0 aromatic heterocycles. The van der Waals surface area contributed by atoms with E-state index in [1.165, 1.54) is 23.4 Å². The van der Waals surface area contributed by atoms with Gasteiger partial charge in [-0.1, -0.05) is 61.7 Å². The van der Waals surface area contributed by atoms with Crippen molar-refractivity contribution in [3.8, 4) is 0 Å². The number of esters is 1. The third kappa shape index (κ3) is 4.11. The lowest BCUT2D eigenvalue weighted by Crippen LogP contribution is -1.98. The van der Waals surface area contributed by atoms with Gasteiger partial charge >= 0.3 is 5.97 Å². The Morgan fingerprint density at radius 1 is 1.16 bits per heavy atom. The number of rotatable bonds is 2. The first-order valence-corrected chi connectivity index (χ1v) is 5.94. The van der Waals surface area contributed by atoms with E-state index in [1.54, 1.807) is 6.92 Å². The molecule has 0 bridgehead atoms. The van der Waals surface area contributed by atoms with E-state index in [-0.39, 0.29) is 5.97 Å². The van der Waals surface area contributed by atoms with E-state index >= 15 is 0 Å². The number of carbonyl (C=O) groups excluding carboxylic acids is 1. The number of benzene rings is 2. The van der Waals surface area contributed by atoms with Crippen molar-refractivity contribution in [1.29, 1.82) is 0 Å². The highest BCUT2D eigenvalue weighted by molar-refractivity contribution is 5.90. The fourth-order valence-electron chi connectivity index (χ4n) is 1.60. The van der Waals surface area contributed by atoms with Crippen LogP contribution < -0.4 is 0 Å². The van der Waals surface area contributed by atoms with Crippen LogP contribution in [0.3, 0.4) is 0 Å². The Kier molecular flexibility index (Phi) is 5.55. The Bertz CT molecular complexity index is 592. The maximum atomic E-state index is 10.2. The summed E-state index contributed by atoms with van der Waals surface area (Å²) in [5, 5.41) is 2.55. The molecule has 0 fully saturated rings. The number of fused-ring (bicyclic) bond motifs is 1. The Balaban J connectivity index is 0.000000224. The van der Waals surface area contributed by atoms with Gasteiger partial charge < -0.3 is 4.74 Å². The van der Waals surface area contributed by atoms with Crippen LogP contribution in [0.2, 0.25) is 0 Å². The first-order chi connectivity index (χ1) is 9.10. The quantitative estimate of drug-likeness (QED) is 0.592. The fraction of sp³-hybridized carbons (Fsp3) is 0.118. The molecule has 19 heavy (non-hydrogen) atoms. The average Bonchev–Trinajstić information content (AvgIpc) is 2.46. The molecule has 0 aliphatic carbocycles. The number of hydrogen-bond acceptors (Lipinski definition) is 2. The van der Waals surface area contributed by atoms with Crippen molar-refractivity contribution in [3.05, 3.63) is 66.8 Å². The van der Waals surface area contributed by atoms with Crippen molar-refractivity contribution in [3.63, 3.8) is 0 Å². The molecule has 2 aromatic carbocycles. The first-order valence-electron chi connectivity index (χ1n) is 5.94. The van der Waals surface area contributed by atoms with Gasteiger partial charge in [0.2, 0.25) is 0 Å². The van der Waals surface area contributed by atoms with E-state index < -0.39 is 0 Å². The third-order valence-electron chi connectivity index (χ3n) is 2.58. The van der Waals surface area contributed by atoms with Crippen molar-refractivity contribution < 1.29 is 9.53 Å². The zero-order chi connectivity index (χ0) is 14.3. The van der Waals surface area contributed by atoms with Gasteiger partial charge in [-0.15, -0.1) is 0 Å². The van der Waals surface area contributed by atoms with Crippen LogP contribution in [-0.4, -0.2) is 13.1 Å². The monoisotopic (exact) mass is 254 g/mol. The number of carbonyl (C=O) groups is 1. The van der Waals surface area contributed by atoms with Crippen LogP contribution in [0.4, 0.5) is 0 Å². The minimum atomic E-state index is -0.347. The van der Waals surface area contributed by atoms with Gasteiger partial charge in [-0.25, -0.2) is 4.79 Å². The maximum absolute atomic E-state index is 10.2. The zero-order valence-corrected chi connectivity index (χ0v) is 11.3. The number of ether oxygens (including phenoxy) is 1. The van der Waals surface area contributed by atoms with Crippen molar-refractivity contribution >= 4 is 22.8 Å². The fourth-order valence-corrected chi connectivity index (χ4v) is 1.60. The average molecular weight is 254 g/mol. The molecule has 0 saturated heterocycles. The molecule has 98 valence electrons. The van der Waals surface area contributed by atoms with Gasteiger partial charge in [0.1, 0.15) is 0 Å². The predicted octanol–water partition coefficient (Wildman–Crippen LogP) is 4.22. The lowest BCUT2D eigenvalue weighted by molar-refractivity contribution is -0.136. The van der Waals surface area contributed by atoms with Crippen LogP contribution in [-0.2, 0) is 9.53 Å².